The molecule has 0 aliphatic carbocycles. The highest BCUT2D eigenvalue weighted by atomic mass is 32.2. The summed E-state index contributed by atoms with van der Waals surface area (Å²) in [6.45, 7) is 11.1. The van der Waals surface area contributed by atoms with Crippen LogP contribution in [0.2, 0.25) is 0 Å². The third kappa shape index (κ3) is 4.05. The average Bonchev–Trinajstić information content (AvgIpc) is 2.64. The van der Waals surface area contributed by atoms with Crippen LogP contribution in [0.1, 0.15) is 48.2 Å². The van der Waals surface area contributed by atoms with Crippen molar-refractivity contribution in [3.8, 4) is 0 Å². The molecular weight excluding hydrogens is 362 g/mol. The van der Waals surface area contributed by atoms with E-state index in [1.165, 1.54) is 0 Å². The van der Waals surface area contributed by atoms with Crippen LogP contribution in [0.4, 0.5) is 0 Å². The van der Waals surface area contributed by atoms with Gasteiger partial charge in [0, 0.05) is 44.3 Å². The molecule has 1 aromatic carbocycles. The molecule has 2 aliphatic heterocycles. The minimum Gasteiger partial charge on any atom is -0.333 e. The number of hydrogen-bond acceptors (Lipinski definition) is 4. The van der Waals surface area contributed by atoms with Gasteiger partial charge in [-0.1, -0.05) is 6.92 Å². The zero-order chi connectivity index (χ0) is 19.8. The molecule has 1 N–H and O–H groups in total. The predicted molar refractivity (Wildman–Crippen MR) is 106 cm³/mol. The van der Waals surface area contributed by atoms with Gasteiger partial charge in [0.15, 0.2) is 0 Å². The molecule has 7 heteroatoms. The van der Waals surface area contributed by atoms with Gasteiger partial charge in [0.1, 0.15) is 0 Å². The molecule has 1 atom stereocenters. The second kappa shape index (κ2) is 7.89. The van der Waals surface area contributed by atoms with Gasteiger partial charge in [0.25, 0.3) is 5.91 Å². The molecule has 2 heterocycles. The summed E-state index contributed by atoms with van der Waals surface area (Å²) in [6.07, 6.45) is 1.77. The van der Waals surface area contributed by atoms with Crippen LogP contribution in [0.3, 0.4) is 0 Å². The molecule has 150 valence electrons. The lowest BCUT2D eigenvalue weighted by Gasteiger charge is -2.34. The van der Waals surface area contributed by atoms with Crippen LogP contribution in [0, 0.1) is 19.8 Å². The molecule has 2 saturated heterocycles. The molecule has 1 amide bonds. The Kier molecular flexibility index (Phi) is 5.93. The van der Waals surface area contributed by atoms with E-state index in [0.717, 1.165) is 37.1 Å². The molecule has 0 aromatic heterocycles. The van der Waals surface area contributed by atoms with Crippen molar-refractivity contribution in [1.29, 1.82) is 0 Å². The largest absolute Gasteiger partial charge is 0.333 e. The third-order valence-corrected chi connectivity index (χ3v) is 8.01. The van der Waals surface area contributed by atoms with Gasteiger partial charge in [-0.05, 0) is 62.8 Å². The number of rotatable bonds is 3. The third-order valence-electron chi connectivity index (χ3n) is 5.99. The van der Waals surface area contributed by atoms with Gasteiger partial charge in [0.2, 0.25) is 10.0 Å². The molecule has 0 radical (unpaired) electrons. The number of amides is 1. The second-order valence-corrected chi connectivity index (χ2v) is 9.96. The minimum atomic E-state index is -3.59. The Balaban J connectivity index is 1.95. The zero-order valence-corrected chi connectivity index (χ0v) is 17.6. The van der Waals surface area contributed by atoms with Crippen molar-refractivity contribution in [1.82, 2.24) is 14.5 Å². The van der Waals surface area contributed by atoms with Gasteiger partial charge in [-0.15, -0.1) is 0 Å². The van der Waals surface area contributed by atoms with E-state index in [2.05, 4.69) is 12.2 Å². The van der Waals surface area contributed by atoms with Crippen LogP contribution in [0.5, 0.6) is 0 Å². The summed E-state index contributed by atoms with van der Waals surface area (Å²) < 4.78 is 28.1. The van der Waals surface area contributed by atoms with E-state index in [4.69, 9.17) is 0 Å². The van der Waals surface area contributed by atoms with E-state index in [-0.39, 0.29) is 16.8 Å². The molecule has 2 fully saturated rings. The fourth-order valence-corrected chi connectivity index (χ4v) is 5.68. The first-order valence-corrected chi connectivity index (χ1v) is 11.3. The Morgan fingerprint density at radius 3 is 2.41 bits per heavy atom. The van der Waals surface area contributed by atoms with Crippen LogP contribution in [0.15, 0.2) is 17.0 Å². The molecule has 0 bridgehead atoms. The first-order valence-electron chi connectivity index (χ1n) is 9.85. The molecule has 2 aliphatic rings. The van der Waals surface area contributed by atoms with Crippen LogP contribution >= 0.6 is 0 Å². The number of nitrogens with one attached hydrogen (secondary N) is 1. The smallest absolute Gasteiger partial charge is 0.254 e. The number of hydrogen-bond donors (Lipinski definition) is 1. The number of benzene rings is 1. The average molecular weight is 394 g/mol. The van der Waals surface area contributed by atoms with Crippen LogP contribution in [0.25, 0.3) is 0 Å². The summed E-state index contributed by atoms with van der Waals surface area (Å²) in [6, 6.07) is 3.51. The first-order chi connectivity index (χ1) is 12.7. The van der Waals surface area contributed by atoms with Gasteiger partial charge in [-0.2, -0.15) is 4.31 Å². The summed E-state index contributed by atoms with van der Waals surface area (Å²) in [5.74, 6) is 0.470. The normalized spacial score (nSPS) is 22.8. The van der Waals surface area contributed by atoms with Crippen molar-refractivity contribution in [2.45, 2.75) is 51.5 Å². The summed E-state index contributed by atoms with van der Waals surface area (Å²) in [5, 5.41) is 3.28. The highest BCUT2D eigenvalue weighted by Crippen LogP contribution is 2.28. The van der Waals surface area contributed by atoms with Crippen molar-refractivity contribution in [3.63, 3.8) is 0 Å². The number of carbonyl (C=O) groups excluding carboxylic acids is 1. The lowest BCUT2D eigenvalue weighted by atomic mass is 10.0. The molecule has 3 rings (SSSR count). The fraction of sp³-hybridized carbons (Fsp3) is 0.650. The Labute approximate surface area is 163 Å². The summed E-state index contributed by atoms with van der Waals surface area (Å²) in [5.41, 5.74) is 2.04. The summed E-state index contributed by atoms with van der Waals surface area (Å²) >= 11 is 0. The van der Waals surface area contributed by atoms with Crippen LogP contribution in [-0.2, 0) is 10.0 Å². The fourth-order valence-electron chi connectivity index (χ4n) is 3.89. The van der Waals surface area contributed by atoms with E-state index in [9.17, 15) is 13.2 Å². The van der Waals surface area contributed by atoms with Gasteiger partial charge in [-0.25, -0.2) is 8.42 Å². The number of aryl methyl sites for hydroxylation is 1. The molecular formula is C20H31N3O3S. The second-order valence-electron chi connectivity index (χ2n) is 8.05. The van der Waals surface area contributed by atoms with E-state index >= 15 is 0 Å². The SMILES string of the molecule is Cc1cc(C(=O)N2CCNC[C@H]2C)cc(S(=O)(=O)N2CCC(C)CC2)c1C. The van der Waals surface area contributed by atoms with Gasteiger partial charge >= 0.3 is 0 Å². The quantitative estimate of drug-likeness (QED) is 0.854. The summed E-state index contributed by atoms with van der Waals surface area (Å²) in [4.78, 5) is 15.2. The van der Waals surface area contributed by atoms with Crippen molar-refractivity contribution in [3.05, 3.63) is 28.8 Å². The van der Waals surface area contributed by atoms with E-state index in [0.29, 0.717) is 31.1 Å². The Hall–Kier alpha value is -1.44. The molecule has 6 nitrogen and oxygen atoms in total. The minimum absolute atomic E-state index is 0.0872. The number of sulfonamides is 1. The Morgan fingerprint density at radius 1 is 1.11 bits per heavy atom. The Bertz CT molecular complexity index is 814. The highest BCUT2D eigenvalue weighted by Gasteiger charge is 2.31. The number of piperazine rings is 1. The maximum Gasteiger partial charge on any atom is 0.254 e. The molecule has 0 unspecified atom stereocenters. The lowest BCUT2D eigenvalue weighted by Crippen LogP contribution is -2.52. The zero-order valence-electron chi connectivity index (χ0n) is 16.8. The van der Waals surface area contributed by atoms with Crippen LogP contribution in [-0.4, -0.2) is 62.3 Å². The molecule has 0 spiro atoms. The maximum absolute atomic E-state index is 13.3. The van der Waals surface area contributed by atoms with Gasteiger partial charge in [-0.3, -0.25) is 4.79 Å². The van der Waals surface area contributed by atoms with E-state index in [1.54, 1.807) is 10.4 Å². The van der Waals surface area contributed by atoms with Crippen molar-refractivity contribution in [2.24, 2.45) is 5.92 Å². The monoisotopic (exact) mass is 393 g/mol. The predicted octanol–water partition coefficient (Wildman–Crippen LogP) is 2.16. The molecule has 1 aromatic rings. The number of piperidine rings is 1. The van der Waals surface area contributed by atoms with Gasteiger partial charge in [0.05, 0.1) is 4.90 Å². The molecule has 27 heavy (non-hydrogen) atoms. The highest BCUT2D eigenvalue weighted by molar-refractivity contribution is 7.89. The van der Waals surface area contributed by atoms with Crippen molar-refractivity contribution in [2.75, 3.05) is 32.7 Å². The maximum atomic E-state index is 13.3. The van der Waals surface area contributed by atoms with Crippen molar-refractivity contribution < 1.29 is 13.2 Å². The standard InChI is InChI=1S/C20H31N3O3S/c1-14-5-8-22(9-6-14)27(25,26)19-12-18(11-15(2)17(19)4)20(24)23-10-7-21-13-16(23)3/h11-12,14,16,21H,5-10,13H2,1-4H3/t16-/m1/s1. The van der Waals surface area contributed by atoms with Gasteiger partial charge < -0.3 is 10.2 Å². The number of nitrogens with zero attached hydrogens (tertiary/aromatic N) is 2. The first kappa shape index (κ1) is 20.3. The lowest BCUT2D eigenvalue weighted by molar-refractivity contribution is 0.0655. The molecule has 0 saturated carbocycles. The number of carbonyl (C=O) groups is 1. The topological polar surface area (TPSA) is 69.7 Å². The van der Waals surface area contributed by atoms with Crippen molar-refractivity contribution >= 4 is 15.9 Å². The van der Waals surface area contributed by atoms with E-state index < -0.39 is 10.0 Å². The van der Waals surface area contributed by atoms with E-state index in [1.807, 2.05) is 31.7 Å². The summed E-state index contributed by atoms with van der Waals surface area (Å²) in [7, 11) is -3.59. The van der Waals surface area contributed by atoms with Crippen LogP contribution < -0.4 is 5.32 Å². The Morgan fingerprint density at radius 2 is 1.78 bits per heavy atom.